The molecule has 0 saturated heterocycles. The molecule has 0 radical (unpaired) electrons. The summed E-state index contributed by atoms with van der Waals surface area (Å²) in [5.41, 5.74) is 11.3. The van der Waals surface area contributed by atoms with E-state index in [1.807, 2.05) is 11.3 Å². The molecule has 2 heteroatoms. The minimum Gasteiger partial charge on any atom is -0.310 e. The highest BCUT2D eigenvalue weighted by Gasteiger charge is 2.35. The number of thiophene rings is 1. The second kappa shape index (κ2) is 10.7. The van der Waals surface area contributed by atoms with Crippen LogP contribution in [0.3, 0.4) is 0 Å². The van der Waals surface area contributed by atoms with Crippen molar-refractivity contribution < 1.29 is 0 Å². The lowest BCUT2D eigenvalue weighted by Gasteiger charge is -2.28. The van der Waals surface area contributed by atoms with Gasteiger partial charge in [0.15, 0.2) is 0 Å². The van der Waals surface area contributed by atoms with Crippen LogP contribution in [0.25, 0.3) is 64.0 Å². The van der Waals surface area contributed by atoms with E-state index in [2.05, 4.69) is 183 Å². The molecule has 0 unspecified atom stereocenters. The van der Waals surface area contributed by atoms with Gasteiger partial charge in [-0.15, -0.1) is 11.3 Å². The maximum Gasteiger partial charge on any atom is 0.0476 e. The summed E-state index contributed by atoms with van der Waals surface area (Å²) in [6, 6.07) is 60.6. The Morgan fingerprint density at radius 1 is 0.429 bits per heavy atom. The smallest absolute Gasteiger partial charge is 0.0476 e. The minimum absolute atomic E-state index is 0.0810. The third-order valence-corrected chi connectivity index (χ3v) is 11.9. The first-order chi connectivity index (χ1) is 24.0. The molecule has 0 bridgehead atoms. The molecule has 0 amide bonds. The highest BCUT2D eigenvalue weighted by atomic mass is 32.1. The third-order valence-electron chi connectivity index (χ3n) is 10.7. The lowest BCUT2D eigenvalue weighted by atomic mass is 9.82. The number of hydrogen-bond acceptors (Lipinski definition) is 2. The second-order valence-electron chi connectivity index (χ2n) is 13.8. The summed E-state index contributed by atoms with van der Waals surface area (Å²) in [6.07, 6.45) is 0. The van der Waals surface area contributed by atoms with Gasteiger partial charge in [-0.05, 0) is 91.3 Å². The molecule has 0 atom stereocenters. The molecule has 49 heavy (non-hydrogen) atoms. The van der Waals surface area contributed by atoms with Crippen molar-refractivity contribution >= 4 is 70.1 Å². The standard InChI is InChI=1S/C47H33NS/c1-47(2)43-17-8-7-15-39(43)40-26-23-34(28-44(40)47)48(33-21-18-32(19-22-33)37-16-9-12-30-10-3-5-13-36(30)37)35-24-27-41-42-25-20-31-11-4-6-14-38(31)46(42)49-45(41)29-35/h3-29H,1-2H3. The largest absolute Gasteiger partial charge is 0.310 e. The maximum atomic E-state index is 2.44. The van der Waals surface area contributed by atoms with Crippen molar-refractivity contribution in [2.24, 2.45) is 0 Å². The predicted octanol–water partition coefficient (Wildman–Crippen LogP) is 13.8. The van der Waals surface area contributed by atoms with Crippen molar-refractivity contribution in [1.29, 1.82) is 0 Å². The Bertz CT molecular complexity index is 2740. The summed E-state index contributed by atoms with van der Waals surface area (Å²) in [5.74, 6) is 0. The Kier molecular flexibility index (Phi) is 6.16. The van der Waals surface area contributed by atoms with Crippen LogP contribution in [0, 0.1) is 0 Å². The van der Waals surface area contributed by atoms with Crippen molar-refractivity contribution in [3.63, 3.8) is 0 Å². The Labute approximate surface area is 290 Å². The van der Waals surface area contributed by atoms with E-state index in [-0.39, 0.29) is 5.41 Å². The lowest BCUT2D eigenvalue weighted by Crippen LogP contribution is -2.16. The van der Waals surface area contributed by atoms with E-state index in [0.29, 0.717) is 0 Å². The highest BCUT2D eigenvalue weighted by molar-refractivity contribution is 7.26. The van der Waals surface area contributed by atoms with Crippen molar-refractivity contribution in [1.82, 2.24) is 0 Å². The molecule has 0 fully saturated rings. The van der Waals surface area contributed by atoms with Crippen molar-refractivity contribution in [2.75, 3.05) is 4.90 Å². The number of nitrogens with zero attached hydrogens (tertiary/aromatic N) is 1. The van der Waals surface area contributed by atoms with E-state index in [9.17, 15) is 0 Å². The van der Waals surface area contributed by atoms with Crippen LogP contribution in [0.15, 0.2) is 164 Å². The van der Waals surface area contributed by atoms with Gasteiger partial charge in [0.25, 0.3) is 0 Å². The summed E-state index contributed by atoms with van der Waals surface area (Å²) >= 11 is 1.90. The first kappa shape index (κ1) is 28.3. The molecule has 0 N–H and O–H groups in total. The van der Waals surface area contributed by atoms with Crippen LogP contribution in [0.5, 0.6) is 0 Å². The average molecular weight is 644 g/mol. The molecule has 0 aliphatic heterocycles. The molecule has 1 aromatic heterocycles. The minimum atomic E-state index is -0.0810. The van der Waals surface area contributed by atoms with Crippen molar-refractivity contribution in [3.8, 4) is 22.3 Å². The Morgan fingerprint density at radius 2 is 1.04 bits per heavy atom. The van der Waals surface area contributed by atoms with Crippen LogP contribution < -0.4 is 4.90 Å². The molecule has 0 spiro atoms. The zero-order chi connectivity index (χ0) is 32.7. The summed E-state index contributed by atoms with van der Waals surface area (Å²) in [5, 5.41) is 7.79. The zero-order valence-corrected chi connectivity index (χ0v) is 28.3. The predicted molar refractivity (Wildman–Crippen MR) is 212 cm³/mol. The van der Waals surface area contributed by atoms with Crippen LogP contribution >= 0.6 is 11.3 Å². The summed E-state index contributed by atoms with van der Waals surface area (Å²) < 4.78 is 2.66. The van der Waals surface area contributed by atoms with Gasteiger partial charge >= 0.3 is 0 Å². The molecule has 1 aliphatic rings. The molecular weight excluding hydrogens is 611 g/mol. The molecule has 10 rings (SSSR count). The van der Waals surface area contributed by atoms with Gasteiger partial charge in [-0.1, -0.05) is 141 Å². The monoisotopic (exact) mass is 643 g/mol. The Morgan fingerprint density at radius 3 is 1.90 bits per heavy atom. The van der Waals surface area contributed by atoms with Gasteiger partial charge in [0.1, 0.15) is 0 Å². The zero-order valence-electron chi connectivity index (χ0n) is 27.4. The maximum absolute atomic E-state index is 2.44. The van der Waals surface area contributed by atoms with E-state index >= 15 is 0 Å². The van der Waals surface area contributed by atoms with E-state index in [0.717, 1.165) is 11.4 Å². The van der Waals surface area contributed by atoms with Gasteiger partial charge in [0, 0.05) is 42.6 Å². The van der Waals surface area contributed by atoms with Crippen LogP contribution in [-0.2, 0) is 5.41 Å². The first-order valence-corrected chi connectivity index (χ1v) is 17.8. The molecule has 1 heterocycles. The molecule has 9 aromatic rings. The third kappa shape index (κ3) is 4.31. The van der Waals surface area contributed by atoms with Crippen LogP contribution in [0.4, 0.5) is 17.1 Å². The van der Waals surface area contributed by atoms with Crippen molar-refractivity contribution in [2.45, 2.75) is 19.3 Å². The molecule has 0 saturated carbocycles. The molecular formula is C47H33NS. The van der Waals surface area contributed by atoms with Gasteiger partial charge in [-0.2, -0.15) is 0 Å². The Hall–Kier alpha value is -5.70. The normalized spacial score (nSPS) is 13.3. The van der Waals surface area contributed by atoms with Gasteiger partial charge < -0.3 is 4.90 Å². The topological polar surface area (TPSA) is 3.24 Å². The van der Waals surface area contributed by atoms with Gasteiger partial charge in [0.05, 0.1) is 0 Å². The molecule has 232 valence electrons. The Balaban J connectivity index is 1.15. The SMILES string of the molecule is CC1(C)c2ccccc2-c2ccc(N(c3ccc(-c4cccc5ccccc45)cc3)c3ccc4c(c3)sc3c5ccccc5ccc43)cc21. The van der Waals surface area contributed by atoms with E-state index in [1.165, 1.54) is 80.8 Å². The number of benzene rings is 8. The number of hydrogen-bond donors (Lipinski definition) is 0. The van der Waals surface area contributed by atoms with E-state index in [4.69, 9.17) is 0 Å². The fourth-order valence-corrected chi connectivity index (χ4v) is 9.45. The number of fused-ring (bicyclic) bond motifs is 9. The second-order valence-corrected chi connectivity index (χ2v) is 14.8. The summed E-state index contributed by atoms with van der Waals surface area (Å²) in [6.45, 7) is 4.72. The summed E-state index contributed by atoms with van der Waals surface area (Å²) in [4.78, 5) is 2.44. The fraction of sp³-hybridized carbons (Fsp3) is 0.0638. The van der Waals surface area contributed by atoms with Crippen LogP contribution in [0.2, 0.25) is 0 Å². The molecule has 1 aliphatic carbocycles. The number of rotatable bonds is 4. The average Bonchev–Trinajstić information content (AvgIpc) is 3.64. The lowest BCUT2D eigenvalue weighted by molar-refractivity contribution is 0.660. The number of anilines is 3. The van der Waals surface area contributed by atoms with E-state index in [1.54, 1.807) is 0 Å². The van der Waals surface area contributed by atoms with Gasteiger partial charge in [-0.3, -0.25) is 0 Å². The van der Waals surface area contributed by atoms with E-state index < -0.39 is 0 Å². The highest BCUT2D eigenvalue weighted by Crippen LogP contribution is 2.51. The van der Waals surface area contributed by atoms with Crippen LogP contribution in [-0.4, -0.2) is 0 Å². The fourth-order valence-electron chi connectivity index (χ4n) is 8.18. The van der Waals surface area contributed by atoms with Gasteiger partial charge in [0.2, 0.25) is 0 Å². The van der Waals surface area contributed by atoms with Crippen LogP contribution in [0.1, 0.15) is 25.0 Å². The molecule has 8 aromatic carbocycles. The van der Waals surface area contributed by atoms with Gasteiger partial charge in [-0.25, -0.2) is 0 Å². The molecule has 1 nitrogen and oxygen atoms in total. The summed E-state index contributed by atoms with van der Waals surface area (Å²) in [7, 11) is 0. The quantitative estimate of drug-likeness (QED) is 0.184. The van der Waals surface area contributed by atoms with Crippen molar-refractivity contribution in [3.05, 3.63) is 175 Å². The first-order valence-electron chi connectivity index (χ1n) is 17.0.